The van der Waals surface area contributed by atoms with Crippen molar-refractivity contribution >= 4 is 11.9 Å². The summed E-state index contributed by atoms with van der Waals surface area (Å²) >= 11 is 0. The van der Waals surface area contributed by atoms with E-state index in [1.165, 1.54) is 50.5 Å². The van der Waals surface area contributed by atoms with Gasteiger partial charge in [0.25, 0.3) is 0 Å². The van der Waals surface area contributed by atoms with Crippen LogP contribution in [-0.4, -0.2) is 40.1 Å². The summed E-state index contributed by atoms with van der Waals surface area (Å²) < 4.78 is 0. The van der Waals surface area contributed by atoms with Gasteiger partial charge >= 0.3 is 11.9 Å². The monoisotopic (exact) mass is 375 g/mol. The van der Waals surface area contributed by atoms with E-state index in [1.54, 1.807) is 0 Å². The second-order valence-electron chi connectivity index (χ2n) is 7.77. The molecule has 5 nitrogen and oxygen atoms in total. The minimum atomic E-state index is -1.02. The van der Waals surface area contributed by atoms with Gasteiger partial charge in [-0.05, 0) is 24.0 Å². The van der Waals surface area contributed by atoms with E-state index in [0.29, 0.717) is 19.6 Å². The summed E-state index contributed by atoms with van der Waals surface area (Å²) in [4.78, 5) is 24.5. The van der Waals surface area contributed by atoms with Crippen LogP contribution in [0.1, 0.15) is 63.0 Å². The number of aliphatic carboxylic acids is 2. The maximum absolute atomic E-state index is 11.3. The Bertz CT molecular complexity index is 577. The summed E-state index contributed by atoms with van der Waals surface area (Å²) in [5, 5.41) is 18.5. The molecular weight excluding hydrogens is 342 g/mol. The quantitative estimate of drug-likeness (QED) is 0.536. The lowest BCUT2D eigenvalue weighted by molar-refractivity contribution is -0.151. The third-order valence-electron chi connectivity index (χ3n) is 5.53. The van der Waals surface area contributed by atoms with Gasteiger partial charge in [0.15, 0.2) is 0 Å². The van der Waals surface area contributed by atoms with Crippen LogP contribution in [0.2, 0.25) is 0 Å². The van der Waals surface area contributed by atoms with Gasteiger partial charge in [-0.2, -0.15) is 0 Å². The summed E-state index contributed by atoms with van der Waals surface area (Å²) in [6.45, 7) is 3.44. The standard InChI is InChI=1S/C22H33NO4/c1-2-3-4-5-6-7-8-9-17-10-12-18(13-11-17)14-23-15-19(21(24)25)20(16-23)22(26)27/h10-13,19-20H,2-9,14-16H2,1H3,(H,24,25)(H,26,27)/t19-,20?/m0/s1. The van der Waals surface area contributed by atoms with Crippen LogP contribution < -0.4 is 0 Å². The van der Waals surface area contributed by atoms with Gasteiger partial charge in [-0.15, -0.1) is 0 Å². The molecule has 1 aromatic carbocycles. The highest BCUT2D eigenvalue weighted by Gasteiger charge is 2.41. The third-order valence-corrected chi connectivity index (χ3v) is 5.53. The molecule has 1 unspecified atom stereocenters. The zero-order valence-corrected chi connectivity index (χ0v) is 16.4. The van der Waals surface area contributed by atoms with E-state index >= 15 is 0 Å². The van der Waals surface area contributed by atoms with Gasteiger partial charge in [-0.25, -0.2) is 0 Å². The molecule has 150 valence electrons. The molecule has 2 rings (SSSR count). The molecule has 5 heteroatoms. The SMILES string of the molecule is CCCCCCCCCc1ccc(CN2CC(C(=O)O)[C@@H](C(=O)O)C2)cc1. The van der Waals surface area contributed by atoms with Crippen LogP contribution in [0.25, 0.3) is 0 Å². The highest BCUT2D eigenvalue weighted by Crippen LogP contribution is 2.25. The van der Waals surface area contributed by atoms with Crippen molar-refractivity contribution < 1.29 is 19.8 Å². The third kappa shape index (κ3) is 6.98. The van der Waals surface area contributed by atoms with Crippen LogP contribution in [0.3, 0.4) is 0 Å². The van der Waals surface area contributed by atoms with Crippen LogP contribution in [0.4, 0.5) is 0 Å². The number of nitrogens with zero attached hydrogens (tertiary/aromatic N) is 1. The maximum Gasteiger partial charge on any atom is 0.308 e. The molecule has 27 heavy (non-hydrogen) atoms. The fourth-order valence-electron chi connectivity index (χ4n) is 3.87. The van der Waals surface area contributed by atoms with Crippen LogP contribution >= 0.6 is 0 Å². The topological polar surface area (TPSA) is 77.8 Å². The van der Waals surface area contributed by atoms with Crippen molar-refractivity contribution in [3.05, 3.63) is 35.4 Å². The highest BCUT2D eigenvalue weighted by molar-refractivity contribution is 5.81. The predicted molar refractivity (Wildman–Crippen MR) is 106 cm³/mol. The molecule has 0 amide bonds. The van der Waals surface area contributed by atoms with E-state index in [0.717, 1.165) is 12.0 Å². The predicted octanol–water partition coefficient (Wildman–Crippen LogP) is 4.20. The number of aryl methyl sites for hydroxylation is 1. The van der Waals surface area contributed by atoms with Crippen LogP contribution in [0.5, 0.6) is 0 Å². The van der Waals surface area contributed by atoms with Gasteiger partial charge in [0, 0.05) is 19.6 Å². The van der Waals surface area contributed by atoms with E-state index in [9.17, 15) is 19.8 Å². The number of carbonyl (C=O) groups is 2. The Morgan fingerprint density at radius 1 is 0.852 bits per heavy atom. The first-order chi connectivity index (χ1) is 13.0. The molecule has 0 aromatic heterocycles. The van der Waals surface area contributed by atoms with Crippen LogP contribution in [0.15, 0.2) is 24.3 Å². The minimum Gasteiger partial charge on any atom is -0.481 e. The van der Waals surface area contributed by atoms with E-state index in [1.807, 2.05) is 4.90 Å². The number of benzene rings is 1. The van der Waals surface area contributed by atoms with Gasteiger partial charge in [-0.1, -0.05) is 69.7 Å². The normalized spacial score (nSPS) is 20.0. The molecule has 1 saturated heterocycles. The van der Waals surface area contributed by atoms with Gasteiger partial charge in [0.1, 0.15) is 0 Å². The summed E-state index contributed by atoms with van der Waals surface area (Å²) in [6.07, 6.45) is 10.3. The number of unbranched alkanes of at least 4 members (excludes halogenated alkanes) is 6. The molecule has 2 N–H and O–H groups in total. The lowest BCUT2D eigenvalue weighted by atomic mass is 9.97. The lowest BCUT2D eigenvalue weighted by Crippen LogP contribution is -2.28. The minimum absolute atomic E-state index is 0.298. The molecule has 1 fully saturated rings. The summed E-state index contributed by atoms with van der Waals surface area (Å²) in [5.41, 5.74) is 2.44. The molecule has 0 bridgehead atoms. The van der Waals surface area contributed by atoms with Crippen molar-refractivity contribution in [3.63, 3.8) is 0 Å². The molecule has 0 aliphatic carbocycles. The number of rotatable bonds is 12. The first kappa shape index (κ1) is 21.4. The lowest BCUT2D eigenvalue weighted by Gasteiger charge is -2.15. The summed E-state index contributed by atoms with van der Waals surface area (Å²) in [7, 11) is 0. The highest BCUT2D eigenvalue weighted by atomic mass is 16.4. The van der Waals surface area contributed by atoms with Crippen molar-refractivity contribution in [2.75, 3.05) is 13.1 Å². The largest absolute Gasteiger partial charge is 0.481 e. The van der Waals surface area contributed by atoms with Crippen molar-refractivity contribution in [3.8, 4) is 0 Å². The fraction of sp³-hybridized carbons (Fsp3) is 0.636. The molecular formula is C22H33NO4. The Labute approximate surface area is 162 Å². The number of carboxylic acid groups (broad SMARTS) is 2. The van der Waals surface area contributed by atoms with Crippen LogP contribution in [0, 0.1) is 11.8 Å². The van der Waals surface area contributed by atoms with E-state index in [2.05, 4.69) is 31.2 Å². The molecule has 1 aliphatic heterocycles. The zero-order chi connectivity index (χ0) is 19.6. The van der Waals surface area contributed by atoms with Crippen molar-refractivity contribution in [1.29, 1.82) is 0 Å². The Morgan fingerprint density at radius 2 is 1.33 bits per heavy atom. The van der Waals surface area contributed by atoms with Crippen molar-refractivity contribution in [2.24, 2.45) is 11.8 Å². The average molecular weight is 376 g/mol. The van der Waals surface area contributed by atoms with Gasteiger partial charge in [0.05, 0.1) is 11.8 Å². The molecule has 0 radical (unpaired) electrons. The van der Waals surface area contributed by atoms with E-state index < -0.39 is 23.8 Å². The molecule has 0 saturated carbocycles. The summed E-state index contributed by atoms with van der Waals surface area (Å²) in [6, 6.07) is 8.46. The summed E-state index contributed by atoms with van der Waals surface area (Å²) in [5.74, 6) is -3.68. The zero-order valence-electron chi connectivity index (χ0n) is 16.4. The maximum atomic E-state index is 11.3. The Balaban J connectivity index is 1.74. The molecule has 1 aliphatic rings. The Kier molecular flexibility index (Phi) is 8.79. The van der Waals surface area contributed by atoms with Gasteiger partial charge in [-0.3, -0.25) is 14.5 Å². The Hall–Kier alpha value is -1.88. The molecule has 1 heterocycles. The first-order valence-electron chi connectivity index (χ1n) is 10.3. The van der Waals surface area contributed by atoms with E-state index in [4.69, 9.17) is 0 Å². The first-order valence-corrected chi connectivity index (χ1v) is 10.3. The molecule has 0 spiro atoms. The number of hydrogen-bond donors (Lipinski definition) is 2. The number of carboxylic acids is 2. The smallest absolute Gasteiger partial charge is 0.308 e. The van der Waals surface area contributed by atoms with Gasteiger partial charge in [0.2, 0.25) is 0 Å². The number of hydrogen-bond acceptors (Lipinski definition) is 3. The number of likely N-dealkylation sites (tertiary alicyclic amines) is 1. The molecule has 2 atom stereocenters. The Morgan fingerprint density at radius 3 is 1.85 bits per heavy atom. The van der Waals surface area contributed by atoms with Crippen molar-refractivity contribution in [1.82, 2.24) is 4.90 Å². The second kappa shape index (κ2) is 11.1. The average Bonchev–Trinajstić information content (AvgIpc) is 3.07. The van der Waals surface area contributed by atoms with Crippen molar-refractivity contribution in [2.45, 2.75) is 64.8 Å². The van der Waals surface area contributed by atoms with E-state index in [-0.39, 0.29) is 0 Å². The molecule has 1 aromatic rings. The fourth-order valence-corrected chi connectivity index (χ4v) is 3.87. The van der Waals surface area contributed by atoms with Crippen LogP contribution in [-0.2, 0) is 22.6 Å². The van der Waals surface area contributed by atoms with Gasteiger partial charge < -0.3 is 10.2 Å². The second-order valence-corrected chi connectivity index (χ2v) is 7.77.